The molecule has 1 saturated carbocycles. The van der Waals surface area contributed by atoms with Gasteiger partial charge in [0.25, 0.3) is 0 Å². The summed E-state index contributed by atoms with van der Waals surface area (Å²) < 4.78 is 35.1. The van der Waals surface area contributed by atoms with Crippen LogP contribution < -0.4 is 0 Å². The molecule has 1 aliphatic rings. The second kappa shape index (κ2) is 5.98. The molecule has 17 heavy (non-hydrogen) atoms. The summed E-state index contributed by atoms with van der Waals surface area (Å²) in [7, 11) is 0. The summed E-state index contributed by atoms with van der Waals surface area (Å²) in [6.45, 7) is 4.60. The second-order valence-electron chi connectivity index (χ2n) is 4.44. The first-order valence-electron chi connectivity index (χ1n) is 5.75. The Morgan fingerprint density at radius 3 is 2.47 bits per heavy atom. The Morgan fingerprint density at radius 2 is 2.00 bits per heavy atom. The van der Waals surface area contributed by atoms with E-state index in [0.29, 0.717) is 32.3 Å². The van der Waals surface area contributed by atoms with Crippen molar-refractivity contribution in [1.29, 1.82) is 0 Å². The maximum absolute atomic E-state index is 12.6. The van der Waals surface area contributed by atoms with Gasteiger partial charge in [-0.2, -0.15) is 8.78 Å². The van der Waals surface area contributed by atoms with Crippen LogP contribution in [-0.4, -0.2) is 24.6 Å². The number of rotatable bonds is 5. The number of ether oxygens (including phenoxy) is 2. The molecule has 0 N–H and O–H groups in total. The highest BCUT2D eigenvalue weighted by Crippen LogP contribution is 2.28. The summed E-state index contributed by atoms with van der Waals surface area (Å²) in [5, 5.41) is 0. The van der Waals surface area contributed by atoms with E-state index >= 15 is 0 Å². The molecule has 0 atom stereocenters. The molecule has 0 aromatic heterocycles. The number of alkyl halides is 2. The summed E-state index contributed by atoms with van der Waals surface area (Å²) in [5.41, 5.74) is 0. The quantitative estimate of drug-likeness (QED) is 0.554. The Labute approximate surface area is 99.8 Å². The van der Waals surface area contributed by atoms with E-state index in [1.165, 1.54) is 6.26 Å². The third-order valence-corrected chi connectivity index (χ3v) is 2.88. The van der Waals surface area contributed by atoms with Gasteiger partial charge in [0.05, 0.1) is 12.9 Å². The first-order valence-corrected chi connectivity index (χ1v) is 5.75. The van der Waals surface area contributed by atoms with Crippen molar-refractivity contribution in [3.63, 3.8) is 0 Å². The van der Waals surface area contributed by atoms with Crippen molar-refractivity contribution in [3.8, 4) is 0 Å². The fourth-order valence-electron chi connectivity index (χ4n) is 1.88. The first kappa shape index (κ1) is 13.9. The molecule has 1 fully saturated rings. The van der Waals surface area contributed by atoms with Crippen molar-refractivity contribution in [2.45, 2.75) is 44.6 Å². The highest BCUT2D eigenvalue weighted by molar-refractivity contribution is 5.77. The Hall–Kier alpha value is -1.13. The number of carbonyl (C=O) groups excluding carboxylic acids is 1. The lowest BCUT2D eigenvalue weighted by Crippen LogP contribution is -2.33. The molecule has 0 aromatic carbocycles. The van der Waals surface area contributed by atoms with E-state index < -0.39 is 11.9 Å². The van der Waals surface area contributed by atoms with Crippen LogP contribution in [-0.2, 0) is 14.3 Å². The highest BCUT2D eigenvalue weighted by atomic mass is 19.3. The standard InChI is InChI=1S/C12H18F2O3/c1-3-16-8-9-4-6-10(7-5-9)17-11(15)12(2,13)14/h3,9-10H,1,4-8H2,2H3. The lowest BCUT2D eigenvalue weighted by Gasteiger charge is -2.28. The third-order valence-electron chi connectivity index (χ3n) is 2.88. The van der Waals surface area contributed by atoms with Crippen LogP contribution >= 0.6 is 0 Å². The molecule has 3 nitrogen and oxygen atoms in total. The van der Waals surface area contributed by atoms with Crippen molar-refractivity contribution in [2.75, 3.05) is 6.61 Å². The average Bonchev–Trinajstić information content (AvgIpc) is 2.27. The predicted octanol–water partition coefficient (Wildman–Crippen LogP) is 2.90. The van der Waals surface area contributed by atoms with Gasteiger partial charge in [0.15, 0.2) is 0 Å². The monoisotopic (exact) mass is 248 g/mol. The maximum Gasteiger partial charge on any atom is 0.376 e. The molecule has 0 spiro atoms. The number of hydrogen-bond acceptors (Lipinski definition) is 3. The molecule has 98 valence electrons. The van der Waals surface area contributed by atoms with E-state index in [9.17, 15) is 13.6 Å². The van der Waals surface area contributed by atoms with Gasteiger partial charge in [-0.1, -0.05) is 6.58 Å². The van der Waals surface area contributed by atoms with Crippen molar-refractivity contribution in [3.05, 3.63) is 12.8 Å². The molecule has 0 amide bonds. The minimum absolute atomic E-state index is 0.381. The molecular weight excluding hydrogens is 230 g/mol. The molecule has 0 radical (unpaired) electrons. The van der Waals surface area contributed by atoms with Crippen LogP contribution in [0.25, 0.3) is 0 Å². The largest absolute Gasteiger partial charge is 0.502 e. The van der Waals surface area contributed by atoms with Gasteiger partial charge in [0, 0.05) is 6.92 Å². The normalized spacial score (nSPS) is 25.1. The SMILES string of the molecule is C=COCC1CCC(OC(=O)C(C)(F)F)CC1. The van der Waals surface area contributed by atoms with E-state index in [-0.39, 0.29) is 6.10 Å². The molecule has 1 rings (SSSR count). The van der Waals surface area contributed by atoms with Crippen molar-refractivity contribution in [2.24, 2.45) is 5.92 Å². The lowest BCUT2D eigenvalue weighted by molar-refractivity contribution is -0.176. The molecule has 5 heteroatoms. The third kappa shape index (κ3) is 4.71. The predicted molar refractivity (Wildman–Crippen MR) is 58.6 cm³/mol. The number of halogens is 2. The summed E-state index contributed by atoms with van der Waals surface area (Å²) >= 11 is 0. The Balaban J connectivity index is 2.28. The zero-order chi connectivity index (χ0) is 12.9. The zero-order valence-corrected chi connectivity index (χ0v) is 9.96. The van der Waals surface area contributed by atoms with Gasteiger partial charge in [-0.05, 0) is 31.6 Å². The minimum atomic E-state index is -3.40. The van der Waals surface area contributed by atoms with Crippen LogP contribution in [0, 0.1) is 5.92 Å². The fraction of sp³-hybridized carbons (Fsp3) is 0.750. The smallest absolute Gasteiger partial charge is 0.376 e. The molecule has 0 aliphatic heterocycles. The fourth-order valence-corrected chi connectivity index (χ4v) is 1.88. The van der Waals surface area contributed by atoms with Gasteiger partial charge in [0.2, 0.25) is 0 Å². The van der Waals surface area contributed by atoms with E-state index in [4.69, 9.17) is 9.47 Å². The van der Waals surface area contributed by atoms with Crippen LogP contribution in [0.1, 0.15) is 32.6 Å². The lowest BCUT2D eigenvalue weighted by atomic mass is 9.88. The van der Waals surface area contributed by atoms with Gasteiger partial charge >= 0.3 is 11.9 Å². The van der Waals surface area contributed by atoms with Crippen molar-refractivity contribution in [1.82, 2.24) is 0 Å². The van der Waals surface area contributed by atoms with Gasteiger partial charge in [-0.3, -0.25) is 0 Å². The molecule has 1 aliphatic carbocycles. The van der Waals surface area contributed by atoms with E-state index in [2.05, 4.69) is 6.58 Å². The summed E-state index contributed by atoms with van der Waals surface area (Å²) in [6, 6.07) is 0. The average molecular weight is 248 g/mol. The van der Waals surface area contributed by atoms with Crippen molar-refractivity contribution < 1.29 is 23.0 Å². The molecule has 0 saturated heterocycles. The molecule has 0 aromatic rings. The number of esters is 1. The van der Waals surface area contributed by atoms with Crippen LogP contribution in [0.2, 0.25) is 0 Å². The Morgan fingerprint density at radius 1 is 1.41 bits per heavy atom. The zero-order valence-electron chi connectivity index (χ0n) is 9.96. The van der Waals surface area contributed by atoms with Gasteiger partial charge in [-0.15, -0.1) is 0 Å². The van der Waals surface area contributed by atoms with E-state index in [1.54, 1.807) is 0 Å². The Kier molecular flexibility index (Phi) is 4.90. The number of carbonyl (C=O) groups is 1. The van der Waals surface area contributed by atoms with Crippen LogP contribution in [0.15, 0.2) is 12.8 Å². The number of hydrogen-bond donors (Lipinski definition) is 0. The second-order valence-corrected chi connectivity index (χ2v) is 4.44. The maximum atomic E-state index is 12.6. The topological polar surface area (TPSA) is 35.5 Å². The van der Waals surface area contributed by atoms with Crippen LogP contribution in [0.5, 0.6) is 0 Å². The van der Waals surface area contributed by atoms with E-state index in [0.717, 1.165) is 12.8 Å². The van der Waals surface area contributed by atoms with Gasteiger partial charge in [-0.25, -0.2) is 4.79 Å². The summed E-state index contributed by atoms with van der Waals surface area (Å²) in [6.07, 6.45) is 3.89. The van der Waals surface area contributed by atoms with Crippen LogP contribution in [0.4, 0.5) is 8.78 Å². The molecule has 0 heterocycles. The summed E-state index contributed by atoms with van der Waals surface area (Å²) in [5.74, 6) is -4.43. The van der Waals surface area contributed by atoms with Crippen molar-refractivity contribution >= 4 is 5.97 Å². The highest BCUT2D eigenvalue weighted by Gasteiger charge is 2.36. The molecular formula is C12H18F2O3. The van der Waals surface area contributed by atoms with Gasteiger partial charge < -0.3 is 9.47 Å². The minimum Gasteiger partial charge on any atom is -0.502 e. The summed E-state index contributed by atoms with van der Waals surface area (Å²) in [4.78, 5) is 11.0. The molecule has 0 unspecified atom stereocenters. The Bertz CT molecular complexity index is 265. The first-order chi connectivity index (χ1) is 7.93. The van der Waals surface area contributed by atoms with Crippen LogP contribution in [0.3, 0.4) is 0 Å². The molecule has 0 bridgehead atoms. The van der Waals surface area contributed by atoms with E-state index in [1.807, 2.05) is 0 Å². The van der Waals surface area contributed by atoms with Gasteiger partial charge in [0.1, 0.15) is 6.10 Å².